The molecule has 3 nitrogen and oxygen atoms in total. The van der Waals surface area contributed by atoms with Crippen molar-refractivity contribution in [2.75, 3.05) is 0 Å². The summed E-state index contributed by atoms with van der Waals surface area (Å²) in [5.41, 5.74) is 1.90. The number of alkyl halides is 1. The first-order chi connectivity index (χ1) is 8.77. The third-order valence-corrected chi connectivity index (χ3v) is 3.55. The smallest absolute Gasteiger partial charge is 0.160 e. The van der Waals surface area contributed by atoms with Gasteiger partial charge in [0.15, 0.2) is 5.65 Å². The van der Waals surface area contributed by atoms with Crippen molar-refractivity contribution in [3.8, 4) is 0 Å². The first kappa shape index (κ1) is 13.3. The van der Waals surface area contributed by atoms with Gasteiger partial charge in [-0.3, -0.25) is 0 Å². The maximum Gasteiger partial charge on any atom is 0.160 e. The number of hydrogen-bond donors (Lipinski definition) is 0. The molecule has 2 aromatic rings. The summed E-state index contributed by atoms with van der Waals surface area (Å²) in [4.78, 5) is 8.99. The molecule has 0 bridgehead atoms. The van der Waals surface area contributed by atoms with Gasteiger partial charge in [-0.15, -0.1) is 11.6 Å². The van der Waals surface area contributed by atoms with Gasteiger partial charge in [-0.2, -0.15) is 0 Å². The Kier molecular flexibility index (Phi) is 4.59. The van der Waals surface area contributed by atoms with Gasteiger partial charge in [0.2, 0.25) is 0 Å². The van der Waals surface area contributed by atoms with Crippen LogP contribution in [0.3, 0.4) is 0 Å². The highest BCUT2D eigenvalue weighted by Crippen LogP contribution is 2.24. The molecule has 0 aliphatic rings. The van der Waals surface area contributed by atoms with Gasteiger partial charge in [-0.1, -0.05) is 26.2 Å². The highest BCUT2D eigenvalue weighted by molar-refractivity contribution is 6.16. The first-order valence-corrected chi connectivity index (χ1v) is 7.19. The molecule has 0 aromatic carbocycles. The largest absolute Gasteiger partial charge is 0.309 e. The van der Waals surface area contributed by atoms with Gasteiger partial charge in [0.1, 0.15) is 11.3 Å². The second-order valence-electron chi connectivity index (χ2n) is 4.72. The number of hydrogen-bond acceptors (Lipinski definition) is 2. The number of imidazole rings is 1. The fraction of sp³-hybridized carbons (Fsp3) is 0.571. The van der Waals surface area contributed by atoms with Crippen LogP contribution in [0.25, 0.3) is 11.2 Å². The summed E-state index contributed by atoms with van der Waals surface area (Å²) in [5, 5.41) is 0. The standard InChI is InChI=1S/C14H20ClN3/c1-3-4-5-7-11(2)18-13(10-15)17-12-8-6-9-16-14(12)18/h6,8-9,11H,3-5,7,10H2,1-2H3. The van der Waals surface area contributed by atoms with Crippen LogP contribution in [0, 0.1) is 0 Å². The molecular weight excluding hydrogens is 246 g/mol. The third-order valence-electron chi connectivity index (χ3n) is 3.31. The SMILES string of the molecule is CCCCCC(C)n1c(CCl)nc2cccnc21. The summed E-state index contributed by atoms with van der Waals surface area (Å²) in [6.07, 6.45) is 6.74. The lowest BCUT2D eigenvalue weighted by atomic mass is 10.1. The minimum atomic E-state index is 0.408. The minimum Gasteiger partial charge on any atom is -0.309 e. The Morgan fingerprint density at radius 3 is 2.94 bits per heavy atom. The molecule has 0 radical (unpaired) electrons. The summed E-state index contributed by atoms with van der Waals surface area (Å²) in [5.74, 6) is 1.36. The average Bonchev–Trinajstić information content (AvgIpc) is 2.77. The zero-order valence-electron chi connectivity index (χ0n) is 11.1. The summed E-state index contributed by atoms with van der Waals surface area (Å²) < 4.78 is 2.19. The van der Waals surface area contributed by atoms with Crippen LogP contribution in [-0.2, 0) is 5.88 Å². The van der Waals surface area contributed by atoms with Crippen molar-refractivity contribution in [2.24, 2.45) is 0 Å². The molecule has 98 valence electrons. The molecule has 0 fully saturated rings. The topological polar surface area (TPSA) is 30.7 Å². The predicted molar refractivity (Wildman–Crippen MR) is 75.9 cm³/mol. The number of pyridine rings is 1. The van der Waals surface area contributed by atoms with Gasteiger partial charge in [0.25, 0.3) is 0 Å². The molecule has 2 aromatic heterocycles. The van der Waals surface area contributed by atoms with Gasteiger partial charge in [-0.25, -0.2) is 9.97 Å². The van der Waals surface area contributed by atoms with Gasteiger partial charge < -0.3 is 4.57 Å². The maximum absolute atomic E-state index is 6.00. The molecule has 2 rings (SSSR count). The van der Waals surface area contributed by atoms with Crippen LogP contribution in [0.1, 0.15) is 51.4 Å². The zero-order valence-corrected chi connectivity index (χ0v) is 11.8. The van der Waals surface area contributed by atoms with Crippen molar-refractivity contribution in [3.05, 3.63) is 24.2 Å². The maximum atomic E-state index is 6.00. The van der Waals surface area contributed by atoms with E-state index in [0.717, 1.165) is 23.4 Å². The van der Waals surface area contributed by atoms with E-state index in [1.54, 1.807) is 0 Å². The highest BCUT2D eigenvalue weighted by atomic mass is 35.5. The van der Waals surface area contributed by atoms with Gasteiger partial charge >= 0.3 is 0 Å². The van der Waals surface area contributed by atoms with Crippen molar-refractivity contribution in [1.82, 2.24) is 14.5 Å². The number of aromatic nitrogens is 3. The van der Waals surface area contributed by atoms with E-state index in [1.165, 1.54) is 19.3 Å². The van der Waals surface area contributed by atoms with Crippen LogP contribution < -0.4 is 0 Å². The lowest BCUT2D eigenvalue weighted by molar-refractivity contribution is 0.475. The van der Waals surface area contributed by atoms with Crippen molar-refractivity contribution in [2.45, 2.75) is 51.5 Å². The van der Waals surface area contributed by atoms with Crippen molar-refractivity contribution < 1.29 is 0 Å². The van der Waals surface area contributed by atoms with Gasteiger partial charge in [0.05, 0.1) is 5.88 Å². The van der Waals surface area contributed by atoms with Crippen LogP contribution in [-0.4, -0.2) is 14.5 Å². The van der Waals surface area contributed by atoms with E-state index >= 15 is 0 Å². The Hall–Kier alpha value is -1.09. The molecule has 0 amide bonds. The normalized spacial score (nSPS) is 13.1. The second kappa shape index (κ2) is 6.19. The van der Waals surface area contributed by atoms with Gasteiger partial charge in [0, 0.05) is 12.2 Å². The van der Waals surface area contributed by atoms with Crippen LogP contribution >= 0.6 is 11.6 Å². The Morgan fingerprint density at radius 1 is 1.39 bits per heavy atom. The Morgan fingerprint density at radius 2 is 2.22 bits per heavy atom. The monoisotopic (exact) mass is 265 g/mol. The van der Waals surface area contributed by atoms with E-state index in [9.17, 15) is 0 Å². The molecule has 1 atom stereocenters. The van der Waals surface area contributed by atoms with Gasteiger partial charge in [-0.05, 0) is 25.5 Å². The van der Waals surface area contributed by atoms with E-state index in [1.807, 2.05) is 18.3 Å². The summed E-state index contributed by atoms with van der Waals surface area (Å²) >= 11 is 6.00. The average molecular weight is 266 g/mol. The summed E-state index contributed by atoms with van der Waals surface area (Å²) in [6.45, 7) is 4.45. The number of rotatable bonds is 6. The zero-order chi connectivity index (χ0) is 13.0. The lowest BCUT2D eigenvalue weighted by Gasteiger charge is -2.16. The molecule has 1 unspecified atom stereocenters. The van der Waals surface area contributed by atoms with E-state index in [4.69, 9.17) is 11.6 Å². The third kappa shape index (κ3) is 2.66. The molecule has 0 aliphatic heterocycles. The number of nitrogens with zero attached hydrogens (tertiary/aromatic N) is 3. The van der Waals surface area contributed by atoms with E-state index in [-0.39, 0.29) is 0 Å². The van der Waals surface area contributed by atoms with Crippen LogP contribution in [0.4, 0.5) is 0 Å². The molecule has 0 N–H and O–H groups in total. The van der Waals surface area contributed by atoms with Crippen LogP contribution in [0.2, 0.25) is 0 Å². The van der Waals surface area contributed by atoms with Crippen molar-refractivity contribution >= 4 is 22.8 Å². The van der Waals surface area contributed by atoms with Crippen LogP contribution in [0.5, 0.6) is 0 Å². The molecule has 18 heavy (non-hydrogen) atoms. The number of fused-ring (bicyclic) bond motifs is 1. The van der Waals surface area contributed by atoms with Crippen LogP contribution in [0.15, 0.2) is 18.3 Å². The van der Waals surface area contributed by atoms with E-state index in [2.05, 4.69) is 28.4 Å². The van der Waals surface area contributed by atoms with Crippen molar-refractivity contribution in [3.63, 3.8) is 0 Å². The number of unbranched alkanes of at least 4 members (excludes halogenated alkanes) is 2. The Labute approximate surface area is 113 Å². The second-order valence-corrected chi connectivity index (χ2v) is 4.99. The molecule has 4 heteroatoms. The Bertz CT molecular complexity index is 507. The van der Waals surface area contributed by atoms with Crippen molar-refractivity contribution in [1.29, 1.82) is 0 Å². The molecule has 0 saturated carbocycles. The first-order valence-electron chi connectivity index (χ1n) is 6.65. The lowest BCUT2D eigenvalue weighted by Crippen LogP contribution is -2.09. The molecule has 0 spiro atoms. The molecule has 2 heterocycles. The quantitative estimate of drug-likeness (QED) is 0.576. The minimum absolute atomic E-state index is 0.408. The fourth-order valence-corrected chi connectivity index (χ4v) is 2.54. The van der Waals surface area contributed by atoms with E-state index < -0.39 is 0 Å². The molecule has 0 aliphatic carbocycles. The number of halogens is 1. The predicted octanol–water partition coefficient (Wildman–Crippen LogP) is 4.31. The summed E-state index contributed by atoms with van der Waals surface area (Å²) in [6, 6.07) is 4.32. The summed E-state index contributed by atoms with van der Waals surface area (Å²) in [7, 11) is 0. The van der Waals surface area contributed by atoms with E-state index in [0.29, 0.717) is 11.9 Å². The fourth-order valence-electron chi connectivity index (χ4n) is 2.35. The molecular formula is C14H20ClN3. The Balaban J connectivity index is 2.29. The molecule has 0 saturated heterocycles. The highest BCUT2D eigenvalue weighted by Gasteiger charge is 2.15.